The van der Waals surface area contributed by atoms with Crippen LogP contribution in [0, 0.1) is 19.7 Å². The number of carbonyl (C=O) groups excluding carboxylic acids is 2. The minimum Gasteiger partial charge on any atom is -0.326 e. The largest absolute Gasteiger partial charge is 0.326 e. The van der Waals surface area contributed by atoms with E-state index in [1.165, 1.54) is 17.7 Å². The van der Waals surface area contributed by atoms with Gasteiger partial charge in [-0.2, -0.15) is 0 Å². The Hall–Kier alpha value is -3.06. The number of nitrogens with zero attached hydrogens (tertiary/aromatic N) is 2. The third kappa shape index (κ3) is 4.26. The van der Waals surface area contributed by atoms with Gasteiger partial charge in [-0.05, 0) is 49.2 Å². The molecule has 2 aromatic rings. The van der Waals surface area contributed by atoms with E-state index in [4.69, 9.17) is 0 Å². The summed E-state index contributed by atoms with van der Waals surface area (Å²) in [4.78, 5) is 31.5. The van der Waals surface area contributed by atoms with Crippen LogP contribution < -0.4 is 10.6 Å². The first kappa shape index (κ1) is 20.2. The van der Waals surface area contributed by atoms with Gasteiger partial charge in [0.1, 0.15) is 17.2 Å². The molecular weight excluding hydrogens is 383 g/mol. The van der Waals surface area contributed by atoms with Crippen LogP contribution >= 0.6 is 0 Å². The first-order valence-electron chi connectivity index (χ1n) is 10.1. The summed E-state index contributed by atoms with van der Waals surface area (Å²) in [6.07, 6.45) is 1.21. The van der Waals surface area contributed by atoms with E-state index in [0.717, 1.165) is 11.3 Å². The molecule has 4 rings (SSSR count). The Kier molecular flexibility index (Phi) is 5.39. The fraction of sp³-hybridized carbons (Fsp3) is 0.348. The van der Waals surface area contributed by atoms with Crippen molar-refractivity contribution < 1.29 is 14.0 Å². The summed E-state index contributed by atoms with van der Waals surface area (Å²) in [7, 11) is 0. The van der Waals surface area contributed by atoms with E-state index >= 15 is 0 Å². The summed E-state index contributed by atoms with van der Waals surface area (Å²) in [5.74, 6) is -0.733. The summed E-state index contributed by atoms with van der Waals surface area (Å²) < 4.78 is 13.5. The maximum Gasteiger partial charge on any atom is 0.272 e. The number of anilines is 1. The first-order chi connectivity index (χ1) is 14.3. The van der Waals surface area contributed by atoms with Crippen molar-refractivity contribution in [1.29, 1.82) is 0 Å². The number of hydrogen-bond donors (Lipinski definition) is 2. The van der Waals surface area contributed by atoms with Crippen LogP contribution in [-0.2, 0) is 9.59 Å². The topological polar surface area (TPSA) is 73.8 Å². The quantitative estimate of drug-likeness (QED) is 0.817. The van der Waals surface area contributed by atoms with Crippen LogP contribution in [0.25, 0.3) is 0 Å². The lowest BCUT2D eigenvalue weighted by molar-refractivity contribution is -0.119. The zero-order chi connectivity index (χ0) is 21.3. The molecule has 1 saturated heterocycles. The minimum absolute atomic E-state index is 0.0615. The van der Waals surface area contributed by atoms with Crippen molar-refractivity contribution in [2.75, 3.05) is 25.0 Å². The van der Waals surface area contributed by atoms with Gasteiger partial charge in [-0.3, -0.25) is 19.5 Å². The summed E-state index contributed by atoms with van der Waals surface area (Å²) >= 11 is 0. The van der Waals surface area contributed by atoms with Crippen molar-refractivity contribution in [3.05, 3.63) is 65.0 Å². The molecule has 0 atom stereocenters. The molecule has 0 radical (unpaired) electrons. The lowest BCUT2D eigenvalue weighted by Gasteiger charge is -2.36. The highest BCUT2D eigenvalue weighted by Gasteiger charge is 2.42. The number of nitrogens with one attached hydrogen (secondary N) is 2. The van der Waals surface area contributed by atoms with Crippen LogP contribution in [-0.4, -0.2) is 47.7 Å². The zero-order valence-electron chi connectivity index (χ0n) is 17.2. The van der Waals surface area contributed by atoms with Gasteiger partial charge in [0.15, 0.2) is 0 Å². The lowest BCUT2D eigenvalue weighted by atomic mass is 9.98. The van der Waals surface area contributed by atoms with Crippen molar-refractivity contribution in [3.8, 4) is 0 Å². The number of piperidine rings is 1. The molecule has 0 saturated carbocycles. The third-order valence-electron chi connectivity index (χ3n) is 5.83. The average molecular weight is 408 g/mol. The van der Waals surface area contributed by atoms with Gasteiger partial charge < -0.3 is 10.6 Å². The fourth-order valence-corrected chi connectivity index (χ4v) is 3.94. The van der Waals surface area contributed by atoms with Gasteiger partial charge in [0.2, 0.25) is 5.91 Å². The molecule has 7 heteroatoms. The molecule has 2 N–H and O–H groups in total. The Morgan fingerprint density at radius 1 is 1.17 bits per heavy atom. The molecule has 0 bridgehead atoms. The monoisotopic (exact) mass is 408 g/mol. The van der Waals surface area contributed by atoms with E-state index in [0.29, 0.717) is 31.5 Å². The van der Waals surface area contributed by atoms with Gasteiger partial charge in [-0.1, -0.05) is 18.2 Å². The zero-order valence-corrected chi connectivity index (χ0v) is 17.2. The molecule has 30 heavy (non-hydrogen) atoms. The molecule has 2 aliphatic rings. The van der Waals surface area contributed by atoms with Gasteiger partial charge in [-0.25, -0.2) is 4.39 Å². The Morgan fingerprint density at radius 2 is 1.93 bits per heavy atom. The van der Waals surface area contributed by atoms with Crippen molar-refractivity contribution in [1.82, 2.24) is 10.2 Å². The molecule has 0 unspecified atom stereocenters. The molecule has 0 aromatic heterocycles. The Balaban J connectivity index is 1.36. The molecule has 2 aromatic carbocycles. The third-order valence-corrected chi connectivity index (χ3v) is 5.83. The van der Waals surface area contributed by atoms with E-state index < -0.39 is 11.5 Å². The second-order valence-electron chi connectivity index (χ2n) is 8.08. The molecule has 2 aliphatic heterocycles. The van der Waals surface area contributed by atoms with Crippen molar-refractivity contribution in [2.45, 2.75) is 32.4 Å². The first-order valence-corrected chi connectivity index (χ1v) is 10.1. The number of benzene rings is 2. The number of hydrogen-bond acceptors (Lipinski definition) is 4. The highest BCUT2D eigenvalue weighted by molar-refractivity contribution is 6.46. The van der Waals surface area contributed by atoms with Crippen molar-refractivity contribution >= 4 is 23.2 Å². The molecule has 0 aliphatic carbocycles. The standard InChI is InChI=1S/C23H25FN4O2/c1-15-6-7-19(12-16(15)2)25-20(29)14-28-10-8-23(9-11-28)26-21(22(30)27-23)17-4-3-5-18(24)13-17/h3-7,12-13H,8-11,14H2,1-2H3,(H,25,29)(H,27,30). The maximum atomic E-state index is 13.5. The summed E-state index contributed by atoms with van der Waals surface area (Å²) in [5, 5.41) is 5.92. The van der Waals surface area contributed by atoms with Gasteiger partial charge in [0.25, 0.3) is 5.91 Å². The van der Waals surface area contributed by atoms with Crippen LogP contribution in [0.1, 0.15) is 29.5 Å². The van der Waals surface area contributed by atoms with Gasteiger partial charge in [-0.15, -0.1) is 0 Å². The number of aliphatic imine (C=N–C) groups is 1. The Labute approximate surface area is 175 Å². The number of likely N-dealkylation sites (tertiary alicyclic amines) is 1. The number of rotatable bonds is 4. The number of carbonyl (C=O) groups is 2. The smallest absolute Gasteiger partial charge is 0.272 e. The predicted molar refractivity (Wildman–Crippen MR) is 114 cm³/mol. The summed E-state index contributed by atoms with van der Waals surface area (Å²) in [5.41, 5.74) is 3.21. The average Bonchev–Trinajstić information content (AvgIpc) is 3.03. The second kappa shape index (κ2) is 7.99. The second-order valence-corrected chi connectivity index (χ2v) is 8.08. The molecule has 1 fully saturated rings. The molecule has 6 nitrogen and oxygen atoms in total. The van der Waals surface area contributed by atoms with Crippen molar-refractivity contribution in [2.24, 2.45) is 4.99 Å². The van der Waals surface area contributed by atoms with E-state index in [1.807, 2.05) is 32.0 Å². The molecular formula is C23H25FN4O2. The number of amides is 2. The predicted octanol–water partition coefficient (Wildman–Crippen LogP) is 2.79. The maximum absolute atomic E-state index is 13.5. The normalized spacial score (nSPS) is 18.2. The van der Waals surface area contributed by atoms with Crippen LogP contribution in [0.4, 0.5) is 10.1 Å². The van der Waals surface area contributed by atoms with E-state index in [2.05, 4.69) is 20.5 Å². The highest BCUT2D eigenvalue weighted by atomic mass is 19.1. The molecule has 1 spiro atoms. The number of halogens is 1. The van der Waals surface area contributed by atoms with Crippen molar-refractivity contribution in [3.63, 3.8) is 0 Å². The van der Waals surface area contributed by atoms with Crippen LogP contribution in [0.15, 0.2) is 47.5 Å². The van der Waals surface area contributed by atoms with E-state index in [9.17, 15) is 14.0 Å². The van der Waals surface area contributed by atoms with E-state index in [1.54, 1.807) is 12.1 Å². The summed E-state index contributed by atoms with van der Waals surface area (Å²) in [6, 6.07) is 11.8. The number of aryl methyl sites for hydroxylation is 2. The Morgan fingerprint density at radius 3 is 2.63 bits per heavy atom. The van der Waals surface area contributed by atoms with E-state index in [-0.39, 0.29) is 24.1 Å². The van der Waals surface area contributed by atoms with Crippen LogP contribution in [0.5, 0.6) is 0 Å². The minimum atomic E-state index is -0.667. The van der Waals surface area contributed by atoms with Gasteiger partial charge >= 0.3 is 0 Å². The highest BCUT2D eigenvalue weighted by Crippen LogP contribution is 2.29. The van der Waals surface area contributed by atoms with Gasteiger partial charge in [0.05, 0.1) is 6.54 Å². The molecule has 2 heterocycles. The SMILES string of the molecule is Cc1ccc(NC(=O)CN2CCC3(CC2)N=C(c2cccc(F)c2)C(=O)N3)cc1C. The van der Waals surface area contributed by atoms with Crippen LogP contribution in [0.3, 0.4) is 0 Å². The summed E-state index contributed by atoms with van der Waals surface area (Å²) in [6.45, 7) is 5.62. The fourth-order valence-electron chi connectivity index (χ4n) is 3.94. The van der Waals surface area contributed by atoms with Gasteiger partial charge in [0, 0.05) is 37.2 Å². The van der Waals surface area contributed by atoms with Crippen LogP contribution in [0.2, 0.25) is 0 Å². The lowest BCUT2D eigenvalue weighted by Crippen LogP contribution is -2.52. The molecule has 156 valence electrons. The molecule has 2 amide bonds. The Bertz CT molecular complexity index is 1030.